The third-order valence-electron chi connectivity index (χ3n) is 3.19. The highest BCUT2D eigenvalue weighted by Crippen LogP contribution is 2.11. The van der Waals surface area contributed by atoms with Gasteiger partial charge in [0.25, 0.3) is 0 Å². The highest BCUT2D eigenvalue weighted by atomic mass is 16.2. The van der Waals surface area contributed by atoms with E-state index in [1.54, 1.807) is 12.1 Å². The Kier molecular flexibility index (Phi) is 6.75. The monoisotopic (exact) mass is 273 g/mol. The predicted octanol–water partition coefficient (Wildman–Crippen LogP) is 2.15. The number of rotatable bonds is 7. The molecule has 0 saturated heterocycles. The van der Waals surface area contributed by atoms with Gasteiger partial charge in [0.05, 0.1) is 11.6 Å². The standard InChI is InChI=1S/C16H23N3O/c1-4-9-19(16(20)13(2)11-18-3)12-15-7-5-14(10-17)6-8-15/h5-8,13,18H,4,9,11-12H2,1-3H3. The van der Waals surface area contributed by atoms with Crippen molar-refractivity contribution in [3.63, 3.8) is 0 Å². The van der Waals surface area contributed by atoms with Gasteiger partial charge in [0.1, 0.15) is 0 Å². The molecule has 0 bridgehead atoms. The number of amides is 1. The minimum Gasteiger partial charge on any atom is -0.338 e. The second-order valence-corrected chi connectivity index (χ2v) is 5.03. The van der Waals surface area contributed by atoms with Gasteiger partial charge in [0.15, 0.2) is 0 Å². The molecule has 1 unspecified atom stereocenters. The maximum Gasteiger partial charge on any atom is 0.226 e. The van der Waals surface area contributed by atoms with E-state index in [1.165, 1.54) is 0 Å². The zero-order valence-electron chi connectivity index (χ0n) is 12.5. The van der Waals surface area contributed by atoms with Crippen LogP contribution in [-0.2, 0) is 11.3 Å². The van der Waals surface area contributed by atoms with Gasteiger partial charge >= 0.3 is 0 Å². The van der Waals surface area contributed by atoms with Gasteiger partial charge in [0, 0.05) is 25.6 Å². The minimum absolute atomic E-state index is 0.0232. The van der Waals surface area contributed by atoms with Crippen LogP contribution in [0.15, 0.2) is 24.3 Å². The Morgan fingerprint density at radius 2 is 2.05 bits per heavy atom. The Morgan fingerprint density at radius 3 is 2.55 bits per heavy atom. The summed E-state index contributed by atoms with van der Waals surface area (Å²) < 4.78 is 0. The number of carbonyl (C=O) groups is 1. The molecule has 0 aliphatic carbocycles. The van der Waals surface area contributed by atoms with Crippen LogP contribution in [0.2, 0.25) is 0 Å². The Bertz CT molecular complexity index is 462. The van der Waals surface area contributed by atoms with Crippen molar-refractivity contribution < 1.29 is 4.79 Å². The molecular formula is C16H23N3O. The predicted molar refractivity (Wildman–Crippen MR) is 80.0 cm³/mol. The fraction of sp³-hybridized carbons (Fsp3) is 0.500. The maximum absolute atomic E-state index is 12.4. The van der Waals surface area contributed by atoms with Crippen molar-refractivity contribution in [1.82, 2.24) is 10.2 Å². The molecule has 1 N–H and O–H groups in total. The van der Waals surface area contributed by atoms with Gasteiger partial charge < -0.3 is 10.2 Å². The van der Waals surface area contributed by atoms with Crippen molar-refractivity contribution in [1.29, 1.82) is 5.26 Å². The third kappa shape index (κ3) is 4.67. The lowest BCUT2D eigenvalue weighted by Gasteiger charge is -2.25. The highest BCUT2D eigenvalue weighted by Gasteiger charge is 2.19. The lowest BCUT2D eigenvalue weighted by Crippen LogP contribution is -2.38. The highest BCUT2D eigenvalue weighted by molar-refractivity contribution is 5.78. The van der Waals surface area contributed by atoms with Gasteiger partial charge in [-0.3, -0.25) is 4.79 Å². The zero-order chi connectivity index (χ0) is 15.0. The second-order valence-electron chi connectivity index (χ2n) is 5.03. The van der Waals surface area contributed by atoms with E-state index in [0.29, 0.717) is 18.7 Å². The van der Waals surface area contributed by atoms with Crippen molar-refractivity contribution in [3.05, 3.63) is 35.4 Å². The van der Waals surface area contributed by atoms with Gasteiger partial charge in [-0.25, -0.2) is 0 Å². The maximum atomic E-state index is 12.4. The summed E-state index contributed by atoms with van der Waals surface area (Å²) in [6.45, 7) is 6.06. The number of hydrogen-bond acceptors (Lipinski definition) is 3. The van der Waals surface area contributed by atoms with Crippen LogP contribution >= 0.6 is 0 Å². The Hall–Kier alpha value is -1.86. The fourth-order valence-corrected chi connectivity index (χ4v) is 2.15. The average Bonchev–Trinajstić information content (AvgIpc) is 2.47. The number of nitrogens with one attached hydrogen (secondary N) is 1. The van der Waals surface area contributed by atoms with Crippen LogP contribution in [0.4, 0.5) is 0 Å². The average molecular weight is 273 g/mol. The molecule has 1 rings (SSSR count). The normalized spacial score (nSPS) is 11.7. The number of carbonyl (C=O) groups excluding carboxylic acids is 1. The first kappa shape index (κ1) is 16.2. The van der Waals surface area contributed by atoms with E-state index in [9.17, 15) is 4.79 Å². The Morgan fingerprint density at radius 1 is 1.40 bits per heavy atom. The quantitative estimate of drug-likeness (QED) is 0.828. The van der Waals surface area contributed by atoms with Gasteiger partial charge in [0.2, 0.25) is 5.91 Å². The van der Waals surface area contributed by atoms with Crippen LogP contribution in [-0.4, -0.2) is 30.9 Å². The number of benzene rings is 1. The molecule has 4 heteroatoms. The SMILES string of the molecule is CCCN(Cc1ccc(C#N)cc1)C(=O)C(C)CNC. The summed E-state index contributed by atoms with van der Waals surface area (Å²) in [5.41, 5.74) is 1.70. The molecule has 1 amide bonds. The molecule has 1 aromatic rings. The van der Waals surface area contributed by atoms with Crippen molar-refractivity contribution in [3.8, 4) is 6.07 Å². The molecule has 20 heavy (non-hydrogen) atoms. The summed E-state index contributed by atoms with van der Waals surface area (Å²) in [6, 6.07) is 9.51. The number of nitrogens with zero attached hydrogens (tertiary/aromatic N) is 2. The lowest BCUT2D eigenvalue weighted by atomic mass is 10.1. The largest absolute Gasteiger partial charge is 0.338 e. The number of nitriles is 1. The molecule has 1 atom stereocenters. The van der Waals surface area contributed by atoms with E-state index in [-0.39, 0.29) is 11.8 Å². The number of hydrogen-bond donors (Lipinski definition) is 1. The summed E-state index contributed by atoms with van der Waals surface area (Å²) in [5, 5.41) is 11.8. The summed E-state index contributed by atoms with van der Waals surface area (Å²) in [5.74, 6) is 0.149. The summed E-state index contributed by atoms with van der Waals surface area (Å²) >= 11 is 0. The van der Waals surface area contributed by atoms with Gasteiger partial charge in [-0.05, 0) is 31.2 Å². The topological polar surface area (TPSA) is 56.1 Å². The van der Waals surface area contributed by atoms with Crippen molar-refractivity contribution in [2.75, 3.05) is 20.1 Å². The molecule has 4 nitrogen and oxygen atoms in total. The Balaban J connectivity index is 2.75. The van der Waals surface area contributed by atoms with Crippen molar-refractivity contribution >= 4 is 5.91 Å². The first-order valence-electron chi connectivity index (χ1n) is 7.04. The molecule has 0 aliphatic heterocycles. The van der Waals surface area contributed by atoms with Crippen molar-refractivity contribution in [2.24, 2.45) is 5.92 Å². The minimum atomic E-state index is -0.0232. The van der Waals surface area contributed by atoms with E-state index in [0.717, 1.165) is 18.5 Å². The molecule has 1 aromatic carbocycles. The molecule has 0 heterocycles. The smallest absolute Gasteiger partial charge is 0.226 e. The molecule has 0 fully saturated rings. The van der Waals surface area contributed by atoms with E-state index in [1.807, 2.05) is 31.0 Å². The van der Waals surface area contributed by atoms with Crippen LogP contribution in [0.1, 0.15) is 31.4 Å². The van der Waals surface area contributed by atoms with Crippen LogP contribution in [0.5, 0.6) is 0 Å². The molecule has 0 spiro atoms. The molecule has 108 valence electrons. The van der Waals surface area contributed by atoms with Crippen LogP contribution in [0.25, 0.3) is 0 Å². The first-order chi connectivity index (χ1) is 9.62. The molecular weight excluding hydrogens is 250 g/mol. The van der Waals surface area contributed by atoms with Crippen molar-refractivity contribution in [2.45, 2.75) is 26.8 Å². The summed E-state index contributed by atoms with van der Waals surface area (Å²) in [6.07, 6.45) is 0.939. The fourth-order valence-electron chi connectivity index (χ4n) is 2.15. The first-order valence-corrected chi connectivity index (χ1v) is 7.04. The van der Waals surface area contributed by atoms with E-state index < -0.39 is 0 Å². The van der Waals surface area contributed by atoms with Gasteiger partial charge in [-0.2, -0.15) is 5.26 Å². The Labute approximate surface area is 121 Å². The zero-order valence-corrected chi connectivity index (χ0v) is 12.5. The summed E-state index contributed by atoms with van der Waals surface area (Å²) in [4.78, 5) is 14.3. The second kappa shape index (κ2) is 8.34. The van der Waals surface area contributed by atoms with Gasteiger partial charge in [-0.1, -0.05) is 26.0 Å². The van der Waals surface area contributed by atoms with E-state index in [2.05, 4.69) is 18.3 Å². The molecule has 0 aliphatic rings. The lowest BCUT2D eigenvalue weighted by molar-refractivity contribution is -0.135. The molecule has 0 aromatic heterocycles. The van der Waals surface area contributed by atoms with Crippen LogP contribution in [0, 0.1) is 17.2 Å². The van der Waals surface area contributed by atoms with Gasteiger partial charge in [-0.15, -0.1) is 0 Å². The molecule has 0 radical (unpaired) electrons. The van der Waals surface area contributed by atoms with E-state index in [4.69, 9.17) is 5.26 Å². The van der Waals surface area contributed by atoms with E-state index >= 15 is 0 Å². The third-order valence-corrected chi connectivity index (χ3v) is 3.19. The molecule has 0 saturated carbocycles. The van der Waals surface area contributed by atoms with Crippen LogP contribution in [0.3, 0.4) is 0 Å². The van der Waals surface area contributed by atoms with Crippen LogP contribution < -0.4 is 5.32 Å². The summed E-state index contributed by atoms with van der Waals surface area (Å²) in [7, 11) is 1.86.